The summed E-state index contributed by atoms with van der Waals surface area (Å²) in [5.74, 6) is 0.529. The van der Waals surface area contributed by atoms with Gasteiger partial charge in [-0.15, -0.1) is 0 Å². The monoisotopic (exact) mass is 324 g/mol. The molecule has 0 unspecified atom stereocenters. The van der Waals surface area contributed by atoms with E-state index in [9.17, 15) is 9.59 Å². The maximum atomic E-state index is 12.0. The van der Waals surface area contributed by atoms with Crippen LogP contribution in [0, 0.1) is 6.92 Å². The predicted octanol–water partition coefficient (Wildman–Crippen LogP) is 2.15. The Bertz CT molecular complexity index is 542. The first-order valence-corrected chi connectivity index (χ1v) is 7.83. The highest BCUT2D eigenvalue weighted by Gasteiger charge is 2.29. The van der Waals surface area contributed by atoms with Crippen molar-refractivity contribution in [3.8, 4) is 5.75 Å². The summed E-state index contributed by atoms with van der Waals surface area (Å²) in [6, 6.07) is 5.11. The Hall–Kier alpha value is -1.75. The standard InChI is InChI=1S/C16H21ClN2O3/c1-11-5-3-6-13(17)15(11)22-10-8-18-16(21)12(2)19-9-4-7-14(19)20/h3,5-6,12H,4,7-10H2,1-2H3,(H,18,21)/t12-/m1/s1. The zero-order valence-corrected chi connectivity index (χ0v) is 13.7. The van der Waals surface area contributed by atoms with Gasteiger partial charge in [0, 0.05) is 13.0 Å². The zero-order chi connectivity index (χ0) is 16.1. The Labute approximate surface area is 135 Å². The number of aryl methyl sites for hydroxylation is 1. The Morgan fingerprint density at radius 2 is 2.27 bits per heavy atom. The Morgan fingerprint density at radius 1 is 1.50 bits per heavy atom. The van der Waals surface area contributed by atoms with E-state index in [0.29, 0.717) is 36.9 Å². The van der Waals surface area contributed by atoms with Crippen molar-refractivity contribution in [2.45, 2.75) is 32.7 Å². The van der Waals surface area contributed by atoms with Crippen molar-refractivity contribution < 1.29 is 14.3 Å². The van der Waals surface area contributed by atoms with Crippen molar-refractivity contribution in [3.63, 3.8) is 0 Å². The molecule has 5 nitrogen and oxygen atoms in total. The van der Waals surface area contributed by atoms with Crippen LogP contribution in [0.5, 0.6) is 5.75 Å². The van der Waals surface area contributed by atoms with E-state index in [1.165, 1.54) is 0 Å². The van der Waals surface area contributed by atoms with Gasteiger partial charge >= 0.3 is 0 Å². The number of ether oxygens (including phenoxy) is 1. The van der Waals surface area contributed by atoms with Crippen LogP contribution in [0.4, 0.5) is 0 Å². The molecule has 1 aliphatic heterocycles. The Morgan fingerprint density at radius 3 is 2.91 bits per heavy atom. The van der Waals surface area contributed by atoms with Gasteiger partial charge in [0.1, 0.15) is 18.4 Å². The maximum absolute atomic E-state index is 12.0. The average molecular weight is 325 g/mol. The van der Waals surface area contributed by atoms with Crippen molar-refractivity contribution >= 4 is 23.4 Å². The molecule has 1 N–H and O–H groups in total. The summed E-state index contributed by atoms with van der Waals surface area (Å²) >= 11 is 6.07. The number of benzene rings is 1. The average Bonchev–Trinajstić information content (AvgIpc) is 2.91. The molecular weight excluding hydrogens is 304 g/mol. The second-order valence-electron chi connectivity index (χ2n) is 5.39. The largest absolute Gasteiger partial charge is 0.490 e. The van der Waals surface area contributed by atoms with E-state index in [1.54, 1.807) is 17.9 Å². The highest BCUT2D eigenvalue weighted by atomic mass is 35.5. The molecule has 0 bridgehead atoms. The number of para-hydroxylation sites is 1. The van der Waals surface area contributed by atoms with Gasteiger partial charge in [-0.2, -0.15) is 0 Å². The molecule has 120 valence electrons. The van der Waals surface area contributed by atoms with Crippen LogP contribution in [0.1, 0.15) is 25.3 Å². The molecule has 1 aromatic rings. The van der Waals surface area contributed by atoms with Gasteiger partial charge in [-0.25, -0.2) is 0 Å². The molecule has 1 heterocycles. The molecule has 1 fully saturated rings. The Kier molecular flexibility index (Phi) is 5.66. The summed E-state index contributed by atoms with van der Waals surface area (Å²) in [6.07, 6.45) is 1.36. The third kappa shape index (κ3) is 3.91. The van der Waals surface area contributed by atoms with Gasteiger partial charge in [0.25, 0.3) is 0 Å². The van der Waals surface area contributed by atoms with Crippen LogP contribution >= 0.6 is 11.6 Å². The van der Waals surface area contributed by atoms with Crippen molar-refractivity contribution in [2.75, 3.05) is 19.7 Å². The lowest BCUT2D eigenvalue weighted by Gasteiger charge is -2.23. The van der Waals surface area contributed by atoms with E-state index in [0.717, 1.165) is 12.0 Å². The highest BCUT2D eigenvalue weighted by molar-refractivity contribution is 6.32. The fourth-order valence-corrected chi connectivity index (χ4v) is 2.77. The minimum Gasteiger partial charge on any atom is -0.490 e. The first-order valence-electron chi connectivity index (χ1n) is 7.46. The number of likely N-dealkylation sites (tertiary alicyclic amines) is 1. The van der Waals surface area contributed by atoms with Crippen LogP contribution in [0.3, 0.4) is 0 Å². The fraction of sp³-hybridized carbons (Fsp3) is 0.500. The number of carbonyl (C=O) groups is 2. The SMILES string of the molecule is Cc1cccc(Cl)c1OCCNC(=O)[C@@H](C)N1CCCC1=O. The van der Waals surface area contributed by atoms with E-state index < -0.39 is 6.04 Å². The summed E-state index contributed by atoms with van der Waals surface area (Å²) in [5, 5.41) is 3.35. The van der Waals surface area contributed by atoms with Gasteiger partial charge < -0.3 is 15.0 Å². The number of nitrogens with zero attached hydrogens (tertiary/aromatic N) is 1. The molecule has 1 saturated heterocycles. The highest BCUT2D eigenvalue weighted by Crippen LogP contribution is 2.27. The lowest BCUT2D eigenvalue weighted by Crippen LogP contribution is -2.46. The quantitative estimate of drug-likeness (QED) is 0.816. The van der Waals surface area contributed by atoms with Crippen molar-refractivity contribution in [1.29, 1.82) is 0 Å². The number of rotatable bonds is 6. The van der Waals surface area contributed by atoms with Crippen LogP contribution < -0.4 is 10.1 Å². The van der Waals surface area contributed by atoms with Crippen molar-refractivity contribution in [1.82, 2.24) is 10.2 Å². The molecule has 1 atom stereocenters. The van der Waals surface area contributed by atoms with Crippen LogP contribution in [-0.2, 0) is 9.59 Å². The Balaban J connectivity index is 1.76. The zero-order valence-electron chi connectivity index (χ0n) is 12.9. The minimum atomic E-state index is -0.433. The molecule has 1 aromatic carbocycles. The van der Waals surface area contributed by atoms with E-state index in [2.05, 4.69) is 5.32 Å². The molecule has 0 spiro atoms. The molecule has 2 amide bonds. The molecule has 2 rings (SSSR count). The summed E-state index contributed by atoms with van der Waals surface area (Å²) in [7, 11) is 0. The maximum Gasteiger partial charge on any atom is 0.242 e. The second-order valence-corrected chi connectivity index (χ2v) is 5.80. The number of hydrogen-bond donors (Lipinski definition) is 1. The van der Waals surface area contributed by atoms with E-state index >= 15 is 0 Å². The first-order chi connectivity index (χ1) is 10.5. The summed E-state index contributed by atoms with van der Waals surface area (Å²) in [6.45, 7) is 5.02. The second kappa shape index (κ2) is 7.49. The molecule has 22 heavy (non-hydrogen) atoms. The smallest absolute Gasteiger partial charge is 0.242 e. The van der Waals surface area contributed by atoms with Gasteiger partial charge in [-0.1, -0.05) is 23.7 Å². The normalized spacial score (nSPS) is 15.8. The van der Waals surface area contributed by atoms with Gasteiger partial charge in [-0.3, -0.25) is 9.59 Å². The van der Waals surface area contributed by atoms with Crippen LogP contribution in [0.2, 0.25) is 5.02 Å². The molecule has 0 aromatic heterocycles. The molecular formula is C16H21ClN2O3. The number of hydrogen-bond acceptors (Lipinski definition) is 3. The third-order valence-electron chi connectivity index (χ3n) is 3.77. The molecule has 0 radical (unpaired) electrons. The molecule has 0 saturated carbocycles. The summed E-state index contributed by atoms with van der Waals surface area (Å²) in [4.78, 5) is 25.3. The van der Waals surface area contributed by atoms with Gasteiger partial charge in [0.15, 0.2) is 0 Å². The van der Waals surface area contributed by atoms with Gasteiger partial charge in [0.05, 0.1) is 11.6 Å². The molecule has 0 aliphatic carbocycles. The van der Waals surface area contributed by atoms with E-state index in [1.807, 2.05) is 19.1 Å². The summed E-state index contributed by atoms with van der Waals surface area (Å²) < 4.78 is 5.62. The minimum absolute atomic E-state index is 0.0468. The number of halogens is 1. The van der Waals surface area contributed by atoms with E-state index in [4.69, 9.17) is 16.3 Å². The van der Waals surface area contributed by atoms with Gasteiger partial charge in [0.2, 0.25) is 11.8 Å². The first kappa shape index (κ1) is 16.6. The predicted molar refractivity (Wildman–Crippen MR) is 85.1 cm³/mol. The molecule has 1 aliphatic rings. The third-order valence-corrected chi connectivity index (χ3v) is 4.07. The molecule has 6 heteroatoms. The lowest BCUT2D eigenvalue weighted by atomic mass is 10.2. The van der Waals surface area contributed by atoms with Crippen LogP contribution in [0.15, 0.2) is 18.2 Å². The number of amides is 2. The number of nitrogens with one attached hydrogen (secondary N) is 1. The van der Waals surface area contributed by atoms with E-state index in [-0.39, 0.29) is 11.8 Å². The fourth-order valence-electron chi connectivity index (χ4n) is 2.49. The van der Waals surface area contributed by atoms with Crippen molar-refractivity contribution in [2.24, 2.45) is 0 Å². The number of carbonyl (C=O) groups excluding carboxylic acids is 2. The van der Waals surface area contributed by atoms with Gasteiger partial charge in [-0.05, 0) is 31.9 Å². The van der Waals surface area contributed by atoms with Crippen molar-refractivity contribution in [3.05, 3.63) is 28.8 Å². The lowest BCUT2D eigenvalue weighted by molar-refractivity contribution is -0.136. The van der Waals surface area contributed by atoms with Crippen LogP contribution in [0.25, 0.3) is 0 Å². The summed E-state index contributed by atoms with van der Waals surface area (Å²) in [5.41, 5.74) is 0.954. The topological polar surface area (TPSA) is 58.6 Å². The van der Waals surface area contributed by atoms with Crippen LogP contribution in [-0.4, -0.2) is 42.5 Å².